The first-order chi connectivity index (χ1) is 14.5. The van der Waals surface area contributed by atoms with E-state index in [0.29, 0.717) is 12.2 Å². The second-order valence-electron chi connectivity index (χ2n) is 7.17. The number of hydrogen-bond acceptors (Lipinski definition) is 3. The van der Waals surface area contributed by atoms with Crippen molar-refractivity contribution >= 4 is 50.9 Å². The van der Waals surface area contributed by atoms with Crippen molar-refractivity contribution in [2.24, 2.45) is 0 Å². The number of thioether (sulfide) groups is 1. The zero-order valence-electron chi connectivity index (χ0n) is 15.7. The molecule has 150 valence electrons. The highest BCUT2D eigenvalue weighted by molar-refractivity contribution is 9.10. The van der Waals surface area contributed by atoms with Crippen LogP contribution < -0.4 is 9.80 Å². The van der Waals surface area contributed by atoms with Crippen LogP contribution in [0.1, 0.15) is 11.1 Å². The Morgan fingerprint density at radius 2 is 1.67 bits per heavy atom. The monoisotopic (exact) mass is 482 g/mol. The van der Waals surface area contributed by atoms with E-state index in [2.05, 4.69) is 15.9 Å². The number of fused-ring (bicyclic) bond motifs is 2. The highest BCUT2D eigenvalue weighted by atomic mass is 79.9. The Balaban J connectivity index is 1.62. The first-order valence-electron chi connectivity index (χ1n) is 9.39. The van der Waals surface area contributed by atoms with Crippen molar-refractivity contribution in [3.63, 3.8) is 0 Å². The minimum atomic E-state index is -1.14. The molecule has 2 aliphatic heterocycles. The standard InChI is InChI=1S/C23H16BrFN2O2S/c24-16-7-11-18(12-8-16)27-21(28)14-30-23(27)19-3-1-2-4-20(19)26(22(23)29)13-15-5-9-17(25)10-6-15/h1-12H,13-14H2/t23-/m1/s1. The molecular formula is C23H16BrFN2O2S. The SMILES string of the molecule is O=C1CS[C@]2(C(=O)N(Cc3ccc(F)cc3)c3ccccc32)N1c1ccc(Br)cc1. The van der Waals surface area contributed by atoms with E-state index >= 15 is 0 Å². The van der Waals surface area contributed by atoms with Crippen LogP contribution in [0, 0.1) is 5.82 Å². The van der Waals surface area contributed by atoms with E-state index in [1.54, 1.807) is 21.9 Å². The van der Waals surface area contributed by atoms with Crippen molar-refractivity contribution in [2.45, 2.75) is 11.4 Å². The third-order valence-electron chi connectivity index (χ3n) is 5.40. The smallest absolute Gasteiger partial charge is 0.269 e. The molecule has 2 amide bonds. The lowest BCUT2D eigenvalue weighted by molar-refractivity contribution is -0.123. The molecule has 1 spiro atoms. The lowest BCUT2D eigenvalue weighted by Gasteiger charge is -2.33. The van der Waals surface area contributed by atoms with E-state index in [-0.39, 0.29) is 23.4 Å². The van der Waals surface area contributed by atoms with Crippen molar-refractivity contribution in [2.75, 3.05) is 15.6 Å². The van der Waals surface area contributed by atoms with Crippen LogP contribution in [0.15, 0.2) is 77.3 Å². The molecule has 1 fully saturated rings. The Labute approximate surface area is 185 Å². The fourth-order valence-electron chi connectivity index (χ4n) is 4.07. The summed E-state index contributed by atoms with van der Waals surface area (Å²) in [6.45, 7) is 0.306. The molecule has 7 heteroatoms. The van der Waals surface area contributed by atoms with Crippen LogP contribution in [-0.4, -0.2) is 17.6 Å². The Bertz CT molecular complexity index is 1150. The first-order valence-corrected chi connectivity index (χ1v) is 11.2. The average Bonchev–Trinajstić information content (AvgIpc) is 3.22. The van der Waals surface area contributed by atoms with Crippen LogP contribution in [-0.2, 0) is 21.0 Å². The third kappa shape index (κ3) is 2.87. The summed E-state index contributed by atoms with van der Waals surface area (Å²) in [7, 11) is 0. The van der Waals surface area contributed by atoms with E-state index in [0.717, 1.165) is 21.3 Å². The predicted molar refractivity (Wildman–Crippen MR) is 120 cm³/mol. The van der Waals surface area contributed by atoms with Crippen molar-refractivity contribution < 1.29 is 14.0 Å². The van der Waals surface area contributed by atoms with Gasteiger partial charge in [-0.15, -0.1) is 11.8 Å². The molecule has 0 saturated carbocycles. The van der Waals surface area contributed by atoms with Crippen LogP contribution in [0.25, 0.3) is 0 Å². The van der Waals surface area contributed by atoms with Gasteiger partial charge in [0, 0.05) is 15.7 Å². The van der Waals surface area contributed by atoms with Gasteiger partial charge in [-0.25, -0.2) is 4.39 Å². The molecule has 0 aromatic heterocycles. The van der Waals surface area contributed by atoms with E-state index in [1.165, 1.54) is 23.9 Å². The second kappa shape index (κ2) is 7.25. The van der Waals surface area contributed by atoms with Gasteiger partial charge in [-0.3, -0.25) is 14.5 Å². The largest absolute Gasteiger partial charge is 0.304 e. The molecule has 1 saturated heterocycles. The molecule has 0 bridgehead atoms. The van der Waals surface area contributed by atoms with Gasteiger partial charge in [0.15, 0.2) is 0 Å². The molecule has 0 radical (unpaired) electrons. The Kier molecular flexibility index (Phi) is 4.67. The van der Waals surface area contributed by atoms with Crippen molar-refractivity contribution in [1.29, 1.82) is 0 Å². The molecule has 5 rings (SSSR count). The third-order valence-corrected chi connectivity index (χ3v) is 7.32. The molecule has 0 unspecified atom stereocenters. The van der Waals surface area contributed by atoms with Gasteiger partial charge in [-0.05, 0) is 48.0 Å². The lowest BCUT2D eigenvalue weighted by atomic mass is 10.0. The summed E-state index contributed by atoms with van der Waals surface area (Å²) in [6.07, 6.45) is 0. The number of carbonyl (C=O) groups excluding carboxylic acids is 2. The van der Waals surface area contributed by atoms with Gasteiger partial charge in [0.25, 0.3) is 5.91 Å². The summed E-state index contributed by atoms with van der Waals surface area (Å²) < 4.78 is 14.2. The van der Waals surface area contributed by atoms with Gasteiger partial charge < -0.3 is 4.90 Å². The number of benzene rings is 3. The first kappa shape index (κ1) is 19.3. The number of para-hydroxylation sites is 1. The minimum Gasteiger partial charge on any atom is -0.304 e. The van der Waals surface area contributed by atoms with Gasteiger partial charge in [-0.2, -0.15) is 0 Å². The minimum absolute atomic E-state index is 0.103. The zero-order valence-corrected chi connectivity index (χ0v) is 18.1. The summed E-state index contributed by atoms with van der Waals surface area (Å²) in [6, 6.07) is 21.1. The van der Waals surface area contributed by atoms with E-state index in [9.17, 15) is 14.0 Å². The number of halogens is 2. The normalized spacial score (nSPS) is 20.3. The maximum Gasteiger partial charge on any atom is 0.269 e. The van der Waals surface area contributed by atoms with Crippen LogP contribution in [0.3, 0.4) is 0 Å². The van der Waals surface area contributed by atoms with Crippen molar-refractivity contribution in [1.82, 2.24) is 0 Å². The molecule has 0 aliphatic carbocycles. The van der Waals surface area contributed by atoms with Gasteiger partial charge in [0.05, 0.1) is 18.0 Å². The highest BCUT2D eigenvalue weighted by Gasteiger charge is 2.60. The van der Waals surface area contributed by atoms with E-state index < -0.39 is 4.87 Å². The number of carbonyl (C=O) groups is 2. The summed E-state index contributed by atoms with van der Waals surface area (Å²) in [5.41, 5.74) is 3.08. The van der Waals surface area contributed by atoms with Crippen LogP contribution >= 0.6 is 27.7 Å². The average molecular weight is 483 g/mol. The molecule has 3 aromatic carbocycles. The molecule has 3 aromatic rings. The van der Waals surface area contributed by atoms with E-state index in [1.807, 2.05) is 48.5 Å². The topological polar surface area (TPSA) is 40.6 Å². The van der Waals surface area contributed by atoms with Crippen molar-refractivity contribution in [3.8, 4) is 0 Å². The quantitative estimate of drug-likeness (QED) is 0.523. The summed E-state index contributed by atoms with van der Waals surface area (Å²) in [5, 5.41) is 0. The molecule has 30 heavy (non-hydrogen) atoms. The molecule has 2 aliphatic rings. The van der Waals surface area contributed by atoms with E-state index in [4.69, 9.17) is 0 Å². The zero-order chi connectivity index (χ0) is 20.9. The molecule has 2 heterocycles. The van der Waals surface area contributed by atoms with Gasteiger partial charge in [0.2, 0.25) is 10.8 Å². The van der Waals surface area contributed by atoms with Gasteiger partial charge >= 0.3 is 0 Å². The summed E-state index contributed by atoms with van der Waals surface area (Å²) in [4.78, 5) is 29.0. The van der Waals surface area contributed by atoms with Crippen LogP contribution in [0.4, 0.5) is 15.8 Å². The maximum atomic E-state index is 13.9. The van der Waals surface area contributed by atoms with Gasteiger partial charge in [0.1, 0.15) is 5.82 Å². The maximum absolute atomic E-state index is 13.9. The second-order valence-corrected chi connectivity index (χ2v) is 9.26. The van der Waals surface area contributed by atoms with Gasteiger partial charge in [-0.1, -0.05) is 46.3 Å². The molecule has 1 atom stereocenters. The lowest BCUT2D eigenvalue weighted by Crippen LogP contribution is -2.49. The number of nitrogens with zero attached hydrogens (tertiary/aromatic N) is 2. The van der Waals surface area contributed by atoms with Crippen LogP contribution in [0.5, 0.6) is 0 Å². The van der Waals surface area contributed by atoms with Crippen molar-refractivity contribution in [3.05, 3.63) is 94.2 Å². The number of anilines is 2. The molecular weight excluding hydrogens is 467 g/mol. The van der Waals surface area contributed by atoms with Crippen LogP contribution in [0.2, 0.25) is 0 Å². The highest BCUT2D eigenvalue weighted by Crippen LogP contribution is 2.55. The molecule has 0 N–H and O–H groups in total. The predicted octanol–water partition coefficient (Wildman–Crippen LogP) is 5.07. The summed E-state index contributed by atoms with van der Waals surface area (Å²) in [5.74, 6) is -0.358. The number of rotatable bonds is 3. The Hall–Kier alpha value is -2.64. The summed E-state index contributed by atoms with van der Waals surface area (Å²) >= 11 is 4.77. The fraction of sp³-hybridized carbons (Fsp3) is 0.130. The number of hydrogen-bond donors (Lipinski definition) is 0. The molecule has 4 nitrogen and oxygen atoms in total. The Morgan fingerprint density at radius 1 is 0.967 bits per heavy atom. The fourth-order valence-corrected chi connectivity index (χ4v) is 5.70. The Morgan fingerprint density at radius 3 is 2.40 bits per heavy atom. The number of amides is 2.